The molecule has 29 heavy (non-hydrogen) atoms. The van der Waals surface area contributed by atoms with Crippen LogP contribution in [-0.2, 0) is 4.79 Å². The van der Waals surface area contributed by atoms with E-state index in [0.29, 0.717) is 33.2 Å². The highest BCUT2D eigenvalue weighted by Gasteiger charge is 2.14. The number of fused-ring (bicyclic) bond motifs is 1. The third kappa shape index (κ3) is 4.12. The van der Waals surface area contributed by atoms with E-state index in [0.717, 1.165) is 10.9 Å². The lowest BCUT2D eigenvalue weighted by Crippen LogP contribution is -2.12. The van der Waals surface area contributed by atoms with Crippen LogP contribution in [0.2, 0.25) is 5.02 Å². The van der Waals surface area contributed by atoms with Crippen LogP contribution in [0.25, 0.3) is 22.2 Å². The number of nitrogens with zero attached hydrogens (tertiary/aromatic N) is 1. The van der Waals surface area contributed by atoms with E-state index in [1.165, 1.54) is 6.92 Å². The molecule has 4 aromatic rings. The van der Waals surface area contributed by atoms with Gasteiger partial charge in [0.15, 0.2) is 5.76 Å². The summed E-state index contributed by atoms with van der Waals surface area (Å²) in [7, 11) is 0. The van der Waals surface area contributed by atoms with Crippen molar-refractivity contribution in [1.82, 2.24) is 5.16 Å². The van der Waals surface area contributed by atoms with E-state index in [4.69, 9.17) is 16.1 Å². The Balaban J connectivity index is 1.58. The molecule has 0 bridgehead atoms. The second-order valence-corrected chi connectivity index (χ2v) is 6.90. The van der Waals surface area contributed by atoms with Gasteiger partial charge in [-0.15, -0.1) is 0 Å². The number of hydrogen-bond acceptors (Lipinski definition) is 4. The summed E-state index contributed by atoms with van der Waals surface area (Å²) in [5.74, 6) is 0.161. The number of amides is 2. The lowest BCUT2D eigenvalue weighted by atomic mass is 10.1. The summed E-state index contributed by atoms with van der Waals surface area (Å²) < 4.78 is 5.48. The van der Waals surface area contributed by atoms with Crippen LogP contribution in [0.5, 0.6) is 0 Å². The number of anilines is 2. The van der Waals surface area contributed by atoms with Crippen molar-refractivity contribution in [3.05, 3.63) is 77.3 Å². The molecular formula is C22H16ClN3O3. The first-order valence-electron chi connectivity index (χ1n) is 8.84. The first kappa shape index (κ1) is 18.7. The standard InChI is InChI=1S/C22H16ClN3O3/c1-13(27)24-17-7-9-18(10-8-17)25-22(28)15-4-11-20-19(12-15)21(29-26-20)14-2-5-16(23)6-3-14/h2-12H,1H3,(H,24,27)(H,25,28). The Morgan fingerprint density at radius 2 is 1.55 bits per heavy atom. The highest BCUT2D eigenvalue weighted by molar-refractivity contribution is 6.30. The minimum absolute atomic E-state index is 0.152. The van der Waals surface area contributed by atoms with E-state index in [-0.39, 0.29) is 11.8 Å². The van der Waals surface area contributed by atoms with E-state index in [2.05, 4.69) is 15.8 Å². The van der Waals surface area contributed by atoms with Crippen molar-refractivity contribution in [3.63, 3.8) is 0 Å². The number of carbonyl (C=O) groups excluding carboxylic acids is 2. The highest BCUT2D eigenvalue weighted by atomic mass is 35.5. The molecule has 1 aromatic heterocycles. The number of rotatable bonds is 4. The fraction of sp³-hybridized carbons (Fsp3) is 0.0455. The molecule has 2 N–H and O–H groups in total. The van der Waals surface area contributed by atoms with Gasteiger partial charge in [0.25, 0.3) is 5.91 Å². The molecule has 4 rings (SSSR count). The molecule has 0 aliphatic rings. The van der Waals surface area contributed by atoms with Crippen LogP contribution in [0.1, 0.15) is 17.3 Å². The first-order chi connectivity index (χ1) is 14.0. The molecule has 0 fully saturated rings. The van der Waals surface area contributed by atoms with Gasteiger partial charge in [-0.2, -0.15) is 0 Å². The Labute approximate surface area is 171 Å². The summed E-state index contributed by atoms with van der Waals surface area (Å²) in [6, 6.07) is 19.3. The Hall–Kier alpha value is -3.64. The van der Waals surface area contributed by atoms with Crippen molar-refractivity contribution in [2.45, 2.75) is 6.92 Å². The number of carbonyl (C=O) groups is 2. The summed E-state index contributed by atoms with van der Waals surface area (Å²) >= 11 is 5.95. The third-order valence-corrected chi connectivity index (χ3v) is 4.56. The number of halogens is 1. The smallest absolute Gasteiger partial charge is 0.255 e. The van der Waals surface area contributed by atoms with E-state index in [1.807, 2.05) is 12.1 Å². The van der Waals surface area contributed by atoms with E-state index >= 15 is 0 Å². The molecule has 1 heterocycles. The number of aromatic nitrogens is 1. The SMILES string of the molecule is CC(=O)Nc1ccc(NC(=O)c2ccc3noc(-c4ccc(Cl)cc4)c3c2)cc1. The maximum Gasteiger partial charge on any atom is 0.255 e. The predicted octanol–water partition coefficient (Wildman–Crippen LogP) is 5.36. The van der Waals surface area contributed by atoms with Gasteiger partial charge in [0, 0.05) is 34.4 Å². The molecule has 6 nitrogen and oxygen atoms in total. The summed E-state index contributed by atoms with van der Waals surface area (Å²) in [5.41, 5.74) is 3.23. The summed E-state index contributed by atoms with van der Waals surface area (Å²) in [6.45, 7) is 1.44. The largest absolute Gasteiger partial charge is 0.355 e. The summed E-state index contributed by atoms with van der Waals surface area (Å²) in [5, 5.41) is 10.9. The number of hydrogen-bond donors (Lipinski definition) is 2. The van der Waals surface area contributed by atoms with Gasteiger partial charge in [0.05, 0.1) is 5.39 Å². The normalized spacial score (nSPS) is 10.7. The van der Waals surface area contributed by atoms with E-state index in [1.54, 1.807) is 54.6 Å². The summed E-state index contributed by atoms with van der Waals surface area (Å²) in [4.78, 5) is 23.8. The molecule has 0 aliphatic carbocycles. The molecule has 7 heteroatoms. The van der Waals surface area contributed by atoms with Crippen LogP contribution in [0, 0.1) is 0 Å². The van der Waals surface area contributed by atoms with Crippen molar-refractivity contribution in [2.24, 2.45) is 0 Å². The minimum atomic E-state index is -0.262. The van der Waals surface area contributed by atoms with Gasteiger partial charge < -0.3 is 15.2 Å². The van der Waals surface area contributed by atoms with Crippen LogP contribution >= 0.6 is 11.6 Å². The van der Waals surface area contributed by atoms with Gasteiger partial charge in [-0.1, -0.05) is 16.8 Å². The lowest BCUT2D eigenvalue weighted by molar-refractivity contribution is -0.114. The zero-order valence-electron chi connectivity index (χ0n) is 15.4. The fourth-order valence-corrected chi connectivity index (χ4v) is 3.06. The molecule has 144 valence electrons. The van der Waals surface area contributed by atoms with Gasteiger partial charge in [0.2, 0.25) is 5.91 Å². The number of benzene rings is 3. The Bertz CT molecular complexity index is 1200. The van der Waals surface area contributed by atoms with Crippen molar-refractivity contribution in [1.29, 1.82) is 0 Å². The van der Waals surface area contributed by atoms with Gasteiger partial charge in [-0.05, 0) is 66.7 Å². The number of nitrogens with one attached hydrogen (secondary N) is 2. The molecule has 0 radical (unpaired) electrons. The monoisotopic (exact) mass is 405 g/mol. The molecule has 0 atom stereocenters. The molecule has 0 saturated heterocycles. The molecule has 0 spiro atoms. The van der Waals surface area contributed by atoms with Crippen molar-refractivity contribution in [2.75, 3.05) is 10.6 Å². The van der Waals surface area contributed by atoms with Crippen LogP contribution in [0.3, 0.4) is 0 Å². The first-order valence-corrected chi connectivity index (χ1v) is 9.22. The average Bonchev–Trinajstić information content (AvgIpc) is 3.13. The van der Waals surface area contributed by atoms with Gasteiger partial charge >= 0.3 is 0 Å². The maximum atomic E-state index is 12.7. The van der Waals surface area contributed by atoms with Gasteiger partial charge in [-0.25, -0.2) is 0 Å². The second-order valence-electron chi connectivity index (χ2n) is 6.46. The fourth-order valence-electron chi connectivity index (χ4n) is 2.94. The second kappa shape index (κ2) is 7.77. The quantitative estimate of drug-likeness (QED) is 0.478. The summed E-state index contributed by atoms with van der Waals surface area (Å²) in [6.07, 6.45) is 0. The molecule has 0 saturated carbocycles. The topological polar surface area (TPSA) is 84.2 Å². The molecule has 3 aromatic carbocycles. The molecule has 2 amide bonds. The maximum absolute atomic E-state index is 12.7. The predicted molar refractivity (Wildman–Crippen MR) is 113 cm³/mol. The van der Waals surface area contributed by atoms with Crippen molar-refractivity contribution < 1.29 is 14.1 Å². The third-order valence-electron chi connectivity index (χ3n) is 4.31. The van der Waals surface area contributed by atoms with Crippen LogP contribution in [0.4, 0.5) is 11.4 Å². The molecule has 0 unspecified atom stereocenters. The molecule has 0 aliphatic heterocycles. The lowest BCUT2D eigenvalue weighted by Gasteiger charge is -2.07. The van der Waals surface area contributed by atoms with Crippen LogP contribution in [-0.4, -0.2) is 17.0 Å². The van der Waals surface area contributed by atoms with Crippen LogP contribution < -0.4 is 10.6 Å². The van der Waals surface area contributed by atoms with E-state index < -0.39 is 0 Å². The van der Waals surface area contributed by atoms with E-state index in [9.17, 15) is 9.59 Å². The highest BCUT2D eigenvalue weighted by Crippen LogP contribution is 2.30. The Kier molecular flexibility index (Phi) is 5.01. The zero-order chi connectivity index (χ0) is 20.4. The Morgan fingerprint density at radius 1 is 0.897 bits per heavy atom. The molecular weight excluding hydrogens is 390 g/mol. The van der Waals surface area contributed by atoms with Crippen LogP contribution in [0.15, 0.2) is 71.3 Å². The minimum Gasteiger partial charge on any atom is -0.355 e. The zero-order valence-corrected chi connectivity index (χ0v) is 16.2. The van der Waals surface area contributed by atoms with Gasteiger partial charge in [-0.3, -0.25) is 9.59 Å². The average molecular weight is 406 g/mol. The van der Waals surface area contributed by atoms with Gasteiger partial charge in [0.1, 0.15) is 5.52 Å². The Morgan fingerprint density at radius 3 is 2.21 bits per heavy atom. The van der Waals surface area contributed by atoms with Crippen molar-refractivity contribution >= 4 is 45.7 Å². The van der Waals surface area contributed by atoms with Crippen molar-refractivity contribution in [3.8, 4) is 11.3 Å².